The first-order valence-electron chi connectivity index (χ1n) is 9.47. The average Bonchev–Trinajstić information content (AvgIpc) is 2.68. The average molecular weight is 452 g/mol. The number of hydrogen-bond acceptors (Lipinski definition) is 5. The van der Waals surface area contributed by atoms with Gasteiger partial charge < -0.3 is 24.5 Å². The minimum Gasteiger partial charge on any atom is -0.478 e. The number of likely N-dealkylation sites (N-methyl/N-ethyl adjacent to an activating group) is 1. The van der Waals surface area contributed by atoms with E-state index in [4.69, 9.17) is 4.74 Å². The number of halogens is 4. The normalized spacial score (nSPS) is 18.6. The summed E-state index contributed by atoms with van der Waals surface area (Å²) in [5.41, 5.74) is 0.0558. The van der Waals surface area contributed by atoms with Gasteiger partial charge >= 0.3 is 18.1 Å². The van der Waals surface area contributed by atoms with Crippen molar-refractivity contribution in [2.24, 2.45) is 0 Å². The zero-order valence-electron chi connectivity index (χ0n) is 16.5. The number of carbonyl (C=O) groups excluding carboxylic acids is 1. The third-order valence-electron chi connectivity index (χ3n) is 5.36. The second kappa shape index (κ2) is 9.84. The Balaban J connectivity index is 0.00000320. The van der Waals surface area contributed by atoms with Gasteiger partial charge in [0.2, 0.25) is 0 Å². The summed E-state index contributed by atoms with van der Waals surface area (Å²) in [4.78, 5) is 28.8. The summed E-state index contributed by atoms with van der Waals surface area (Å²) in [5.74, 6) is -3.43. The zero-order chi connectivity index (χ0) is 21.2. The molecule has 1 aromatic rings. The highest BCUT2D eigenvalue weighted by molar-refractivity contribution is 6.05. The second-order valence-electron chi connectivity index (χ2n) is 7.31. The smallest absolute Gasteiger partial charge is 0.471 e. The lowest BCUT2D eigenvalue weighted by Gasteiger charge is -2.37. The summed E-state index contributed by atoms with van der Waals surface area (Å²) in [6.45, 7) is 3.31. The summed E-state index contributed by atoms with van der Waals surface area (Å²) >= 11 is 0. The van der Waals surface area contributed by atoms with E-state index in [2.05, 4.69) is 4.90 Å². The summed E-state index contributed by atoms with van der Waals surface area (Å²) < 4.78 is 45.4. The Labute approximate surface area is 178 Å². The number of carboxylic acid groups (broad SMARTS) is 1. The fourth-order valence-corrected chi connectivity index (χ4v) is 3.71. The molecule has 1 aromatic carbocycles. The molecule has 2 fully saturated rings. The SMILES string of the molecule is CN1CCN(c2ccc(C(=O)O)c(N(C(=O)C(F)(F)F)C3CCOCC3)c2)CC1.Cl. The van der Waals surface area contributed by atoms with Crippen molar-refractivity contribution in [1.82, 2.24) is 4.90 Å². The molecule has 0 aliphatic carbocycles. The Bertz CT molecular complexity index is 764. The number of amides is 1. The van der Waals surface area contributed by atoms with Crippen LogP contribution in [0.15, 0.2) is 18.2 Å². The summed E-state index contributed by atoms with van der Waals surface area (Å²) in [5, 5.41) is 9.57. The first-order chi connectivity index (χ1) is 13.7. The lowest BCUT2D eigenvalue weighted by Crippen LogP contribution is -2.50. The van der Waals surface area contributed by atoms with Crippen molar-refractivity contribution in [2.75, 3.05) is 56.2 Å². The van der Waals surface area contributed by atoms with Gasteiger partial charge in [0.1, 0.15) is 0 Å². The third kappa shape index (κ3) is 5.35. The molecule has 0 atom stereocenters. The largest absolute Gasteiger partial charge is 0.478 e. The third-order valence-corrected chi connectivity index (χ3v) is 5.36. The Hall–Kier alpha value is -2.04. The van der Waals surface area contributed by atoms with Crippen LogP contribution in [0.5, 0.6) is 0 Å². The molecule has 2 aliphatic heterocycles. The van der Waals surface area contributed by atoms with E-state index in [1.165, 1.54) is 12.1 Å². The van der Waals surface area contributed by atoms with Crippen molar-refractivity contribution in [3.63, 3.8) is 0 Å². The zero-order valence-corrected chi connectivity index (χ0v) is 17.3. The highest BCUT2D eigenvalue weighted by Crippen LogP contribution is 2.34. The highest BCUT2D eigenvalue weighted by Gasteiger charge is 2.46. The summed E-state index contributed by atoms with van der Waals surface area (Å²) in [7, 11) is 1.98. The number of benzene rings is 1. The first-order valence-corrected chi connectivity index (χ1v) is 9.47. The van der Waals surface area contributed by atoms with E-state index in [9.17, 15) is 27.9 Å². The lowest BCUT2D eigenvalue weighted by molar-refractivity contribution is -0.171. The molecule has 0 bridgehead atoms. The number of piperazine rings is 1. The predicted molar refractivity (Wildman–Crippen MR) is 108 cm³/mol. The molecule has 1 N–H and O–H groups in total. The summed E-state index contributed by atoms with van der Waals surface area (Å²) in [6, 6.07) is 3.48. The van der Waals surface area contributed by atoms with Crippen LogP contribution in [0.4, 0.5) is 24.5 Å². The van der Waals surface area contributed by atoms with E-state index in [1.54, 1.807) is 6.07 Å². The van der Waals surface area contributed by atoms with Crippen LogP contribution in [0, 0.1) is 0 Å². The Morgan fingerprint density at radius 3 is 2.27 bits per heavy atom. The maximum atomic E-state index is 13.4. The number of anilines is 2. The fourth-order valence-electron chi connectivity index (χ4n) is 3.71. The number of carbonyl (C=O) groups is 2. The topological polar surface area (TPSA) is 73.3 Å². The van der Waals surface area contributed by atoms with Gasteiger partial charge in [-0.2, -0.15) is 13.2 Å². The molecule has 0 unspecified atom stereocenters. The number of alkyl halides is 3. The lowest BCUT2D eigenvalue weighted by atomic mass is 10.0. The van der Waals surface area contributed by atoms with E-state index in [-0.39, 0.29) is 49.7 Å². The van der Waals surface area contributed by atoms with Gasteiger partial charge in [-0.25, -0.2) is 4.79 Å². The number of ether oxygens (including phenoxy) is 1. The molecule has 0 aromatic heterocycles. The molecule has 2 saturated heterocycles. The monoisotopic (exact) mass is 451 g/mol. The number of carboxylic acids is 1. The second-order valence-corrected chi connectivity index (χ2v) is 7.31. The minimum atomic E-state index is -5.11. The molecule has 11 heteroatoms. The first kappa shape index (κ1) is 24.2. The number of nitrogens with zero attached hydrogens (tertiary/aromatic N) is 3. The van der Waals surface area contributed by atoms with Gasteiger partial charge in [-0.1, -0.05) is 0 Å². The highest BCUT2D eigenvalue weighted by atomic mass is 35.5. The van der Waals surface area contributed by atoms with Gasteiger partial charge in [-0.15, -0.1) is 12.4 Å². The number of rotatable bonds is 4. The fraction of sp³-hybridized carbons (Fsp3) is 0.579. The van der Waals surface area contributed by atoms with Crippen molar-refractivity contribution < 1.29 is 32.6 Å². The molecular weight excluding hydrogens is 427 g/mol. The van der Waals surface area contributed by atoms with E-state index in [0.29, 0.717) is 23.7 Å². The Morgan fingerprint density at radius 1 is 1.13 bits per heavy atom. The molecule has 168 valence electrons. The molecule has 0 spiro atoms. The molecule has 1 amide bonds. The van der Waals surface area contributed by atoms with Crippen molar-refractivity contribution in [2.45, 2.75) is 25.1 Å². The van der Waals surface area contributed by atoms with Crippen molar-refractivity contribution in [3.8, 4) is 0 Å². The molecule has 3 rings (SSSR count). The van der Waals surface area contributed by atoms with Crippen LogP contribution in [0.1, 0.15) is 23.2 Å². The van der Waals surface area contributed by atoms with Crippen molar-refractivity contribution in [1.29, 1.82) is 0 Å². The molecular formula is C19H25ClF3N3O4. The Kier molecular flexibility index (Phi) is 7.95. The van der Waals surface area contributed by atoms with E-state index in [1.807, 2.05) is 11.9 Å². The maximum absolute atomic E-state index is 13.4. The van der Waals surface area contributed by atoms with Crippen LogP contribution in [0.2, 0.25) is 0 Å². The quantitative estimate of drug-likeness (QED) is 0.758. The number of aromatic carboxylic acids is 1. The van der Waals surface area contributed by atoms with Crippen molar-refractivity contribution in [3.05, 3.63) is 23.8 Å². The van der Waals surface area contributed by atoms with Crippen LogP contribution < -0.4 is 9.80 Å². The van der Waals surface area contributed by atoms with Gasteiger partial charge in [0.25, 0.3) is 0 Å². The Morgan fingerprint density at radius 2 is 1.73 bits per heavy atom. The van der Waals surface area contributed by atoms with Gasteiger partial charge in [0.05, 0.1) is 11.3 Å². The minimum absolute atomic E-state index is 0. The van der Waals surface area contributed by atoms with Crippen LogP contribution in [0.25, 0.3) is 0 Å². The standard InChI is InChI=1S/C19H24F3N3O4.ClH/c1-23-6-8-24(9-7-23)14-2-3-15(17(26)27)16(12-14)25(18(28)19(20,21)22)13-4-10-29-11-5-13;/h2-3,12-13H,4-11H2,1H3,(H,26,27);1H. The molecule has 0 saturated carbocycles. The van der Waals surface area contributed by atoms with E-state index >= 15 is 0 Å². The van der Waals surface area contributed by atoms with Crippen LogP contribution >= 0.6 is 12.4 Å². The van der Waals surface area contributed by atoms with Crippen molar-refractivity contribution >= 4 is 35.7 Å². The number of hydrogen-bond donors (Lipinski definition) is 1. The van der Waals surface area contributed by atoms with Crippen LogP contribution in [-0.2, 0) is 9.53 Å². The van der Waals surface area contributed by atoms with Crippen LogP contribution in [-0.4, -0.2) is 80.5 Å². The molecule has 2 heterocycles. The maximum Gasteiger partial charge on any atom is 0.471 e. The van der Waals surface area contributed by atoms with Gasteiger partial charge in [0, 0.05) is 51.1 Å². The summed E-state index contributed by atoms with van der Waals surface area (Å²) in [6.07, 6.45) is -4.70. The molecule has 0 radical (unpaired) electrons. The van der Waals surface area contributed by atoms with E-state index in [0.717, 1.165) is 13.1 Å². The molecule has 30 heavy (non-hydrogen) atoms. The predicted octanol–water partition coefficient (Wildman–Crippen LogP) is 2.63. The van der Waals surface area contributed by atoms with Gasteiger partial charge in [0.15, 0.2) is 0 Å². The van der Waals surface area contributed by atoms with Crippen LogP contribution in [0.3, 0.4) is 0 Å². The van der Waals surface area contributed by atoms with Gasteiger partial charge in [-0.05, 0) is 38.1 Å². The molecule has 7 nitrogen and oxygen atoms in total. The van der Waals surface area contributed by atoms with Gasteiger partial charge in [-0.3, -0.25) is 4.79 Å². The van der Waals surface area contributed by atoms with E-state index < -0.39 is 24.1 Å². The molecule has 2 aliphatic rings.